The fourth-order valence-corrected chi connectivity index (χ4v) is 4.95. The zero-order valence-electron chi connectivity index (χ0n) is 15.1. The maximum atomic E-state index is 13.5. The van der Waals surface area contributed by atoms with E-state index >= 15 is 0 Å². The Kier molecular flexibility index (Phi) is 4.24. The molecule has 28 heavy (non-hydrogen) atoms. The number of allylic oxidation sites excluding steroid dienone is 1. The van der Waals surface area contributed by atoms with Crippen molar-refractivity contribution in [2.24, 2.45) is 0 Å². The summed E-state index contributed by atoms with van der Waals surface area (Å²) in [7, 11) is 0. The summed E-state index contributed by atoms with van der Waals surface area (Å²) in [5, 5.41) is 9.09. The van der Waals surface area contributed by atoms with Gasteiger partial charge in [-0.1, -0.05) is 30.3 Å². The molecule has 2 N–H and O–H groups in total. The molecule has 0 saturated heterocycles. The first-order valence-electron chi connectivity index (χ1n) is 9.37. The minimum Gasteiger partial charge on any atom is -0.372 e. The molecule has 140 valence electrons. The number of rotatable bonds is 2. The molecule has 0 radical (unpaired) electrons. The van der Waals surface area contributed by atoms with E-state index in [1.807, 2.05) is 30.3 Å². The van der Waals surface area contributed by atoms with E-state index in [0.29, 0.717) is 6.42 Å². The lowest BCUT2D eigenvalue weighted by Gasteiger charge is -2.29. The van der Waals surface area contributed by atoms with Crippen LogP contribution in [0.4, 0.5) is 15.8 Å². The highest BCUT2D eigenvalue weighted by atomic mass is 32.1. The monoisotopic (exact) mass is 390 g/mol. The van der Waals surface area contributed by atoms with Crippen LogP contribution in [0.3, 0.4) is 0 Å². The quantitative estimate of drug-likeness (QED) is 0.575. The molecule has 5 heteroatoms. The molecular formula is C23H19FN2OS. The van der Waals surface area contributed by atoms with E-state index < -0.39 is 0 Å². The van der Waals surface area contributed by atoms with Crippen molar-refractivity contribution in [2.45, 2.75) is 24.8 Å². The Morgan fingerprint density at radius 3 is 2.46 bits per heavy atom. The molecule has 1 aliphatic carbocycles. The van der Waals surface area contributed by atoms with Gasteiger partial charge in [-0.3, -0.25) is 4.79 Å². The van der Waals surface area contributed by atoms with Crippen molar-refractivity contribution in [1.82, 2.24) is 0 Å². The summed E-state index contributed by atoms with van der Waals surface area (Å²) >= 11 is 1.70. The van der Waals surface area contributed by atoms with Crippen LogP contribution in [0.15, 0.2) is 77.3 Å². The second kappa shape index (κ2) is 6.91. The first-order valence-corrected chi connectivity index (χ1v) is 10.2. The Hall–Kier alpha value is -2.92. The third-order valence-electron chi connectivity index (χ3n) is 5.46. The van der Waals surface area contributed by atoms with Crippen molar-refractivity contribution >= 4 is 28.5 Å². The first-order chi connectivity index (χ1) is 13.7. The second-order valence-corrected chi connectivity index (χ2v) is 8.21. The number of hydrogen-bond donors (Lipinski definition) is 2. The van der Waals surface area contributed by atoms with Gasteiger partial charge in [0.1, 0.15) is 5.82 Å². The number of carbonyl (C=O) groups is 1. The van der Waals surface area contributed by atoms with Gasteiger partial charge >= 0.3 is 0 Å². The van der Waals surface area contributed by atoms with Crippen LogP contribution in [0.2, 0.25) is 0 Å². The van der Waals surface area contributed by atoms with Gasteiger partial charge in [-0.2, -0.15) is 0 Å². The van der Waals surface area contributed by atoms with Crippen molar-refractivity contribution in [3.8, 4) is 0 Å². The van der Waals surface area contributed by atoms with Crippen LogP contribution < -0.4 is 10.6 Å². The van der Waals surface area contributed by atoms with Gasteiger partial charge in [0.25, 0.3) is 0 Å². The van der Waals surface area contributed by atoms with Crippen LogP contribution >= 0.6 is 11.3 Å². The van der Waals surface area contributed by atoms with Gasteiger partial charge in [-0.05, 0) is 47.7 Å². The topological polar surface area (TPSA) is 41.1 Å². The molecule has 0 bridgehead atoms. The van der Waals surface area contributed by atoms with Gasteiger partial charge in [0.05, 0.1) is 17.4 Å². The van der Waals surface area contributed by atoms with Crippen LogP contribution in [-0.2, 0) is 4.79 Å². The zero-order chi connectivity index (χ0) is 19.1. The zero-order valence-corrected chi connectivity index (χ0v) is 15.9. The molecule has 2 aromatic carbocycles. The van der Waals surface area contributed by atoms with Gasteiger partial charge < -0.3 is 10.6 Å². The van der Waals surface area contributed by atoms with Crippen molar-refractivity contribution in [3.05, 3.63) is 93.6 Å². The van der Waals surface area contributed by atoms with E-state index in [0.717, 1.165) is 34.6 Å². The molecule has 5 rings (SSSR count). The van der Waals surface area contributed by atoms with E-state index in [-0.39, 0.29) is 23.6 Å². The molecule has 2 aliphatic rings. The van der Waals surface area contributed by atoms with Crippen molar-refractivity contribution in [1.29, 1.82) is 0 Å². The smallest absolute Gasteiger partial charge is 0.163 e. The van der Waals surface area contributed by atoms with E-state index in [1.54, 1.807) is 23.5 Å². The minimum absolute atomic E-state index is 0.141. The third kappa shape index (κ3) is 3.02. The number of benzene rings is 2. The van der Waals surface area contributed by atoms with Gasteiger partial charge in [0.2, 0.25) is 0 Å². The average Bonchev–Trinajstić information content (AvgIpc) is 3.18. The Morgan fingerprint density at radius 1 is 0.929 bits per heavy atom. The minimum atomic E-state index is -0.302. The number of thiophene rings is 1. The van der Waals surface area contributed by atoms with Crippen LogP contribution in [-0.4, -0.2) is 5.78 Å². The number of hydrogen-bond acceptors (Lipinski definition) is 4. The van der Waals surface area contributed by atoms with Gasteiger partial charge in [0, 0.05) is 28.5 Å². The van der Waals surface area contributed by atoms with E-state index in [9.17, 15) is 9.18 Å². The summed E-state index contributed by atoms with van der Waals surface area (Å²) in [6, 6.07) is 18.2. The molecule has 2 atom stereocenters. The summed E-state index contributed by atoms with van der Waals surface area (Å²) in [5.74, 6) is 0.0532. The molecular weight excluding hydrogens is 371 g/mol. The summed E-state index contributed by atoms with van der Waals surface area (Å²) in [5.41, 5.74) is 4.50. The summed E-state index contributed by atoms with van der Waals surface area (Å²) in [6.45, 7) is 0. The largest absolute Gasteiger partial charge is 0.372 e. The molecule has 1 aromatic heterocycles. The Morgan fingerprint density at radius 2 is 1.71 bits per heavy atom. The third-order valence-corrected chi connectivity index (χ3v) is 6.49. The number of anilines is 2. The van der Waals surface area contributed by atoms with Crippen molar-refractivity contribution in [3.63, 3.8) is 0 Å². The normalized spacial score (nSPS) is 21.2. The molecule has 3 nitrogen and oxygen atoms in total. The summed E-state index contributed by atoms with van der Waals surface area (Å²) in [6.07, 6.45) is 1.28. The Bertz CT molecular complexity index is 1060. The van der Waals surface area contributed by atoms with Crippen LogP contribution in [0, 0.1) is 5.82 Å². The molecule has 0 fully saturated rings. The van der Waals surface area contributed by atoms with Gasteiger partial charge in [-0.25, -0.2) is 4.39 Å². The summed E-state index contributed by atoms with van der Waals surface area (Å²) in [4.78, 5) is 14.5. The number of halogens is 1. The van der Waals surface area contributed by atoms with Crippen LogP contribution in [0.5, 0.6) is 0 Å². The van der Waals surface area contributed by atoms with E-state index in [4.69, 9.17) is 0 Å². The number of ketones is 1. The van der Waals surface area contributed by atoms with Crippen molar-refractivity contribution in [2.75, 3.05) is 10.6 Å². The van der Waals surface area contributed by atoms with Gasteiger partial charge in [-0.15, -0.1) is 11.3 Å². The standard InChI is InChI=1S/C23H19FN2OS/c24-16-9-7-14(8-10-16)23-22-19(25-17-4-1-2-5-18(17)26-23)12-15(13-20(22)27)21-6-3-11-28-21/h1-11,15,23,25-26H,12-13H2/t15-,23-/m0/s1. The molecule has 0 amide bonds. The molecule has 3 aromatic rings. The van der Waals surface area contributed by atoms with E-state index in [2.05, 4.69) is 22.1 Å². The maximum absolute atomic E-state index is 13.5. The lowest BCUT2D eigenvalue weighted by atomic mass is 9.81. The second-order valence-electron chi connectivity index (χ2n) is 7.24. The van der Waals surface area contributed by atoms with Crippen molar-refractivity contribution < 1.29 is 9.18 Å². The Balaban J connectivity index is 1.62. The predicted octanol–water partition coefficient (Wildman–Crippen LogP) is 5.87. The number of para-hydroxylation sites is 2. The molecule has 2 heterocycles. The fraction of sp³-hybridized carbons (Fsp3) is 0.174. The lowest BCUT2D eigenvalue weighted by Crippen LogP contribution is -2.26. The predicted molar refractivity (Wildman–Crippen MR) is 111 cm³/mol. The number of nitrogens with one attached hydrogen (secondary N) is 2. The highest BCUT2D eigenvalue weighted by molar-refractivity contribution is 7.10. The number of carbonyl (C=O) groups excluding carboxylic acids is 1. The highest BCUT2D eigenvalue weighted by Gasteiger charge is 2.36. The molecule has 0 unspecified atom stereocenters. The molecule has 0 spiro atoms. The lowest BCUT2D eigenvalue weighted by molar-refractivity contribution is -0.116. The average molecular weight is 390 g/mol. The van der Waals surface area contributed by atoms with Crippen LogP contribution in [0.1, 0.15) is 35.2 Å². The van der Waals surface area contributed by atoms with Gasteiger partial charge in [0.15, 0.2) is 5.78 Å². The summed E-state index contributed by atoms with van der Waals surface area (Å²) < 4.78 is 13.5. The Labute approximate surface area is 166 Å². The highest BCUT2D eigenvalue weighted by Crippen LogP contribution is 2.44. The fourth-order valence-electron chi connectivity index (χ4n) is 4.12. The van der Waals surface area contributed by atoms with Crippen LogP contribution in [0.25, 0.3) is 0 Å². The number of fused-ring (bicyclic) bond motifs is 1. The SMILES string of the molecule is O=C1C[C@@H](c2cccs2)CC2=C1[C@H](c1ccc(F)cc1)Nc1ccccc1N2. The maximum Gasteiger partial charge on any atom is 0.163 e. The number of Topliss-reactive ketones (excluding diaryl/α,β-unsaturated/α-hetero) is 1. The van der Waals surface area contributed by atoms with E-state index in [1.165, 1.54) is 17.0 Å². The molecule has 1 aliphatic heterocycles. The molecule has 0 saturated carbocycles. The first kappa shape index (κ1) is 17.2.